The monoisotopic (exact) mass is 332 g/mol. The second kappa shape index (κ2) is 6.52. The van der Waals surface area contributed by atoms with Gasteiger partial charge in [-0.2, -0.15) is 0 Å². The summed E-state index contributed by atoms with van der Waals surface area (Å²) in [5.74, 6) is 1.26. The first-order valence-electron chi connectivity index (χ1n) is 9.33. The van der Waals surface area contributed by atoms with E-state index in [1.807, 2.05) is 12.3 Å². The molecular weight excluding hydrogens is 304 g/mol. The van der Waals surface area contributed by atoms with Crippen LogP contribution in [0, 0.1) is 11.8 Å². The molecule has 2 aliphatic heterocycles. The van der Waals surface area contributed by atoms with E-state index in [2.05, 4.69) is 17.1 Å². The third-order valence-corrected chi connectivity index (χ3v) is 6.03. The molecule has 3 aliphatic rings. The predicted octanol–water partition coefficient (Wildman–Crippen LogP) is 2.57. The molecule has 0 aromatic carbocycles. The van der Waals surface area contributed by atoms with Gasteiger partial charge in [0.05, 0.1) is 18.1 Å². The molecule has 3 heterocycles. The lowest BCUT2D eigenvalue weighted by Crippen LogP contribution is -2.51. The highest BCUT2D eigenvalue weighted by atomic mass is 16.5. The summed E-state index contributed by atoms with van der Waals surface area (Å²) < 4.78 is 11.5. The molecule has 3 atom stereocenters. The van der Waals surface area contributed by atoms with E-state index in [1.54, 1.807) is 6.26 Å². The van der Waals surface area contributed by atoms with Crippen LogP contribution in [0.5, 0.6) is 0 Å². The molecular formula is C19H28N2O3. The van der Waals surface area contributed by atoms with Crippen LogP contribution in [-0.4, -0.2) is 42.1 Å². The Hall–Kier alpha value is -1.33. The van der Waals surface area contributed by atoms with Gasteiger partial charge in [-0.25, -0.2) is 0 Å². The lowest BCUT2D eigenvalue weighted by molar-refractivity contribution is -0.147. The SMILES string of the molecule is C[C@@H]1CN(Cc2ccoc2)CC[C@]12CC[C@H](C(=O)NCC1CC1)O2. The molecule has 1 aromatic heterocycles. The van der Waals surface area contributed by atoms with E-state index in [-0.39, 0.29) is 17.6 Å². The van der Waals surface area contributed by atoms with Gasteiger partial charge in [-0.05, 0) is 50.0 Å². The Kier molecular flexibility index (Phi) is 4.39. The van der Waals surface area contributed by atoms with Crippen molar-refractivity contribution in [2.45, 2.75) is 57.3 Å². The van der Waals surface area contributed by atoms with E-state index in [0.29, 0.717) is 5.92 Å². The van der Waals surface area contributed by atoms with Crippen molar-refractivity contribution in [1.29, 1.82) is 0 Å². The molecule has 1 N–H and O–H groups in total. The van der Waals surface area contributed by atoms with Gasteiger partial charge in [0, 0.05) is 31.7 Å². The van der Waals surface area contributed by atoms with Crippen LogP contribution in [0.3, 0.4) is 0 Å². The van der Waals surface area contributed by atoms with Crippen LogP contribution in [-0.2, 0) is 16.1 Å². The maximum atomic E-state index is 12.3. The fourth-order valence-electron chi connectivity index (χ4n) is 4.21. The Labute approximate surface area is 143 Å². The quantitative estimate of drug-likeness (QED) is 0.900. The van der Waals surface area contributed by atoms with Crippen molar-refractivity contribution in [3.8, 4) is 0 Å². The average molecular weight is 332 g/mol. The van der Waals surface area contributed by atoms with Crippen molar-refractivity contribution in [2.75, 3.05) is 19.6 Å². The van der Waals surface area contributed by atoms with Crippen LogP contribution in [0.2, 0.25) is 0 Å². The molecule has 3 fully saturated rings. The van der Waals surface area contributed by atoms with Crippen molar-refractivity contribution in [1.82, 2.24) is 10.2 Å². The van der Waals surface area contributed by atoms with Gasteiger partial charge in [-0.1, -0.05) is 6.92 Å². The molecule has 132 valence electrons. The van der Waals surface area contributed by atoms with Crippen LogP contribution in [0.15, 0.2) is 23.0 Å². The highest BCUT2D eigenvalue weighted by Gasteiger charge is 2.48. The first-order valence-corrected chi connectivity index (χ1v) is 9.33. The molecule has 5 heteroatoms. The zero-order chi connectivity index (χ0) is 16.6. The standard InChI is InChI=1S/C19H28N2O3/c1-14-11-21(12-16-5-9-23-13-16)8-7-19(14)6-4-17(24-19)18(22)20-10-15-2-3-15/h5,9,13-15,17H,2-4,6-8,10-12H2,1H3,(H,20,22)/t14-,17-,19-/m1/s1. The Morgan fingerprint density at radius 1 is 1.38 bits per heavy atom. The number of carbonyl (C=O) groups excluding carboxylic acids is 1. The second-order valence-electron chi connectivity index (χ2n) is 7.92. The number of nitrogens with zero attached hydrogens (tertiary/aromatic N) is 1. The number of hydrogen-bond donors (Lipinski definition) is 1. The van der Waals surface area contributed by atoms with Gasteiger partial charge < -0.3 is 14.5 Å². The summed E-state index contributed by atoms with van der Waals surface area (Å²) in [6.07, 6.45) is 8.72. The first kappa shape index (κ1) is 16.2. The van der Waals surface area contributed by atoms with Crippen LogP contribution < -0.4 is 5.32 Å². The lowest BCUT2D eigenvalue weighted by Gasteiger charge is -2.44. The molecule has 1 amide bonds. The third-order valence-electron chi connectivity index (χ3n) is 6.03. The maximum absolute atomic E-state index is 12.3. The van der Waals surface area contributed by atoms with E-state index in [1.165, 1.54) is 18.4 Å². The van der Waals surface area contributed by atoms with Crippen molar-refractivity contribution < 1.29 is 13.9 Å². The number of carbonyl (C=O) groups is 1. The maximum Gasteiger partial charge on any atom is 0.249 e. The summed E-state index contributed by atoms with van der Waals surface area (Å²) in [4.78, 5) is 14.8. The highest BCUT2D eigenvalue weighted by Crippen LogP contribution is 2.42. The smallest absolute Gasteiger partial charge is 0.249 e. The number of likely N-dealkylation sites (tertiary alicyclic amines) is 1. The number of rotatable bonds is 5. The van der Waals surface area contributed by atoms with Crippen LogP contribution in [0.4, 0.5) is 0 Å². The largest absolute Gasteiger partial charge is 0.472 e. The first-order chi connectivity index (χ1) is 11.6. The van der Waals surface area contributed by atoms with Crippen LogP contribution in [0.1, 0.15) is 44.6 Å². The van der Waals surface area contributed by atoms with Gasteiger partial charge in [0.1, 0.15) is 6.10 Å². The molecule has 0 radical (unpaired) electrons. The van der Waals surface area contributed by atoms with Gasteiger partial charge in [0.15, 0.2) is 0 Å². The normalized spacial score (nSPS) is 33.9. The number of hydrogen-bond acceptors (Lipinski definition) is 4. The van der Waals surface area contributed by atoms with E-state index < -0.39 is 0 Å². The summed E-state index contributed by atoms with van der Waals surface area (Å²) in [7, 11) is 0. The minimum atomic E-state index is -0.244. The highest BCUT2D eigenvalue weighted by molar-refractivity contribution is 5.81. The van der Waals surface area contributed by atoms with Gasteiger partial charge in [0.2, 0.25) is 5.91 Å². The summed E-state index contributed by atoms with van der Waals surface area (Å²) in [6, 6.07) is 2.03. The van der Waals surface area contributed by atoms with Crippen molar-refractivity contribution in [3.05, 3.63) is 24.2 Å². The minimum absolute atomic E-state index is 0.103. The molecule has 4 rings (SSSR count). The van der Waals surface area contributed by atoms with E-state index >= 15 is 0 Å². The van der Waals surface area contributed by atoms with E-state index in [9.17, 15) is 4.79 Å². The van der Waals surface area contributed by atoms with E-state index in [4.69, 9.17) is 9.15 Å². The molecule has 2 saturated heterocycles. The Balaban J connectivity index is 1.30. The van der Waals surface area contributed by atoms with Gasteiger partial charge in [-0.3, -0.25) is 9.69 Å². The van der Waals surface area contributed by atoms with Crippen molar-refractivity contribution in [2.24, 2.45) is 11.8 Å². The fourth-order valence-corrected chi connectivity index (χ4v) is 4.21. The van der Waals surface area contributed by atoms with Gasteiger partial charge in [-0.15, -0.1) is 0 Å². The zero-order valence-corrected chi connectivity index (χ0v) is 14.5. The molecule has 5 nitrogen and oxygen atoms in total. The van der Waals surface area contributed by atoms with Gasteiger partial charge in [0.25, 0.3) is 0 Å². The second-order valence-corrected chi connectivity index (χ2v) is 7.92. The number of ether oxygens (including phenoxy) is 1. The number of nitrogens with one attached hydrogen (secondary N) is 1. The Morgan fingerprint density at radius 3 is 2.96 bits per heavy atom. The van der Waals surface area contributed by atoms with Crippen molar-refractivity contribution in [3.63, 3.8) is 0 Å². The fraction of sp³-hybridized carbons (Fsp3) is 0.737. The predicted molar refractivity (Wildman–Crippen MR) is 90.3 cm³/mol. The average Bonchev–Trinajstić information content (AvgIpc) is 3.07. The molecule has 1 saturated carbocycles. The van der Waals surface area contributed by atoms with Crippen LogP contribution >= 0.6 is 0 Å². The number of amides is 1. The number of piperidine rings is 1. The molecule has 1 aliphatic carbocycles. The molecule has 24 heavy (non-hydrogen) atoms. The summed E-state index contributed by atoms with van der Waals surface area (Å²) in [5.41, 5.74) is 1.12. The Morgan fingerprint density at radius 2 is 2.25 bits per heavy atom. The number of furan rings is 1. The molecule has 1 spiro atoms. The van der Waals surface area contributed by atoms with Crippen LogP contribution in [0.25, 0.3) is 0 Å². The van der Waals surface area contributed by atoms with Gasteiger partial charge >= 0.3 is 0 Å². The topological polar surface area (TPSA) is 54.7 Å². The minimum Gasteiger partial charge on any atom is -0.472 e. The van der Waals surface area contributed by atoms with E-state index in [0.717, 1.165) is 51.4 Å². The summed E-state index contributed by atoms with van der Waals surface area (Å²) in [5, 5.41) is 3.08. The molecule has 1 aromatic rings. The zero-order valence-electron chi connectivity index (χ0n) is 14.5. The molecule has 0 bridgehead atoms. The molecule has 0 unspecified atom stereocenters. The summed E-state index contributed by atoms with van der Waals surface area (Å²) in [6.45, 7) is 6.07. The third kappa shape index (κ3) is 3.38. The van der Waals surface area contributed by atoms with Crippen molar-refractivity contribution >= 4 is 5.91 Å². The summed E-state index contributed by atoms with van der Waals surface area (Å²) >= 11 is 0. The Bertz CT molecular complexity index is 569. The lowest BCUT2D eigenvalue weighted by atomic mass is 9.80.